The quantitative estimate of drug-likeness (QED) is 0.762. The second-order valence-electron chi connectivity index (χ2n) is 7.82. The first kappa shape index (κ1) is 12.3. The lowest BCUT2D eigenvalue weighted by molar-refractivity contribution is -0.231. The second-order valence-corrected chi connectivity index (χ2v) is 7.82. The average molecular weight is 262 g/mol. The van der Waals surface area contributed by atoms with Crippen molar-refractivity contribution < 1.29 is 4.79 Å². The van der Waals surface area contributed by atoms with Gasteiger partial charge < -0.3 is 0 Å². The van der Waals surface area contributed by atoms with Gasteiger partial charge in [-0.1, -0.05) is 33.1 Å². The Kier molecular flexibility index (Phi) is 2.35. The van der Waals surface area contributed by atoms with Crippen LogP contribution < -0.4 is 0 Å². The third-order valence-electron chi connectivity index (χ3n) is 6.41. The van der Waals surface area contributed by atoms with Gasteiger partial charge in [0.05, 0.1) is 16.5 Å². The van der Waals surface area contributed by atoms with Crippen LogP contribution in [0.5, 0.6) is 0 Å². The summed E-state index contributed by atoms with van der Waals surface area (Å²) in [6.07, 6.45) is 7.64. The molecule has 3 nitrogen and oxygen atoms in total. The van der Waals surface area contributed by atoms with E-state index in [9.17, 15) is 4.79 Å². The van der Waals surface area contributed by atoms with Crippen molar-refractivity contribution in [1.29, 1.82) is 0 Å². The summed E-state index contributed by atoms with van der Waals surface area (Å²) < 4.78 is 0. The molecule has 4 heterocycles. The van der Waals surface area contributed by atoms with Gasteiger partial charge in [-0.2, -0.15) is 0 Å². The predicted molar refractivity (Wildman–Crippen MR) is 74.8 cm³/mol. The lowest BCUT2D eigenvalue weighted by atomic mass is 9.58. The van der Waals surface area contributed by atoms with Crippen LogP contribution in [-0.2, 0) is 4.79 Å². The average Bonchev–Trinajstić information content (AvgIpc) is 2.82. The summed E-state index contributed by atoms with van der Waals surface area (Å²) in [5.74, 6) is 0.585. The van der Waals surface area contributed by atoms with E-state index in [0.29, 0.717) is 11.4 Å². The number of carbonyl (C=O) groups is 1. The number of carbonyl (C=O) groups excluding carboxylic acids is 1. The highest BCUT2D eigenvalue weighted by molar-refractivity contribution is 5.93. The molecule has 0 N–H and O–H groups in total. The first-order chi connectivity index (χ1) is 9.05. The minimum Gasteiger partial charge on any atom is -0.298 e. The Balaban J connectivity index is 1.76. The minimum atomic E-state index is -0.0838. The highest BCUT2D eigenvalue weighted by Crippen LogP contribution is 2.56. The molecule has 4 bridgehead atoms. The van der Waals surface area contributed by atoms with E-state index in [1.807, 2.05) is 0 Å². The Bertz CT molecular complexity index is 406. The van der Waals surface area contributed by atoms with Gasteiger partial charge in [0.2, 0.25) is 0 Å². The Labute approximate surface area is 116 Å². The number of hydrogen-bond acceptors (Lipinski definition) is 3. The molecule has 19 heavy (non-hydrogen) atoms. The molecule has 5 aliphatic rings. The smallest absolute Gasteiger partial charge is 0.150 e. The molecule has 2 atom stereocenters. The molecule has 5 fully saturated rings. The molecule has 5 rings (SSSR count). The minimum absolute atomic E-state index is 0.0339. The van der Waals surface area contributed by atoms with Gasteiger partial charge in [0, 0.05) is 26.2 Å². The van der Waals surface area contributed by atoms with Crippen LogP contribution in [0, 0.1) is 10.8 Å². The molecule has 0 aromatic heterocycles. The highest BCUT2D eigenvalue weighted by atomic mass is 16.1. The maximum atomic E-state index is 13.0. The molecule has 1 saturated carbocycles. The molecule has 4 saturated heterocycles. The lowest BCUT2D eigenvalue weighted by Crippen LogP contribution is -2.82. The van der Waals surface area contributed by atoms with Gasteiger partial charge in [0.15, 0.2) is 0 Å². The normalized spacial score (nSPS) is 50.3. The Hall–Kier alpha value is -0.410. The van der Waals surface area contributed by atoms with Gasteiger partial charge in [-0.3, -0.25) is 14.6 Å². The molecule has 0 aromatic carbocycles. The van der Waals surface area contributed by atoms with Gasteiger partial charge >= 0.3 is 0 Å². The SMILES string of the molecule is CCCC12CN3CC(C)(CN(C1)C31CCCC1)C2=O. The summed E-state index contributed by atoms with van der Waals surface area (Å²) >= 11 is 0. The second kappa shape index (κ2) is 3.62. The van der Waals surface area contributed by atoms with Gasteiger partial charge in [0.1, 0.15) is 5.78 Å². The van der Waals surface area contributed by atoms with Gasteiger partial charge in [-0.15, -0.1) is 0 Å². The maximum Gasteiger partial charge on any atom is 0.150 e. The van der Waals surface area contributed by atoms with Crippen molar-refractivity contribution in [1.82, 2.24) is 9.80 Å². The van der Waals surface area contributed by atoms with Crippen LogP contribution in [0.25, 0.3) is 0 Å². The van der Waals surface area contributed by atoms with Gasteiger partial charge in [-0.05, 0) is 19.3 Å². The first-order valence-electron chi connectivity index (χ1n) is 8.10. The molecule has 1 spiro atoms. The fourth-order valence-corrected chi connectivity index (χ4v) is 5.82. The van der Waals surface area contributed by atoms with Crippen LogP contribution in [0.4, 0.5) is 0 Å². The Morgan fingerprint density at radius 2 is 1.63 bits per heavy atom. The van der Waals surface area contributed by atoms with Crippen molar-refractivity contribution in [2.24, 2.45) is 10.8 Å². The van der Waals surface area contributed by atoms with E-state index in [4.69, 9.17) is 0 Å². The molecule has 106 valence electrons. The number of ketones is 1. The standard InChI is InChI=1S/C16H26N2O/c1-3-6-15-11-17-9-14(2,13(15)19)10-18(12-15)16(17)7-4-5-8-16/h3-12H2,1-2H3. The predicted octanol–water partition coefficient (Wildman–Crippen LogP) is 2.26. The van der Waals surface area contributed by atoms with E-state index in [0.717, 1.165) is 39.0 Å². The summed E-state index contributed by atoms with van der Waals surface area (Å²) in [6.45, 7) is 8.59. The zero-order chi connectivity index (χ0) is 13.3. The number of rotatable bonds is 2. The Morgan fingerprint density at radius 1 is 1.05 bits per heavy atom. The van der Waals surface area contributed by atoms with E-state index in [2.05, 4.69) is 23.6 Å². The number of piperidine rings is 2. The summed E-state index contributed by atoms with van der Waals surface area (Å²) in [5.41, 5.74) is 0.227. The van der Waals surface area contributed by atoms with Crippen LogP contribution in [0.1, 0.15) is 52.4 Å². The molecule has 0 radical (unpaired) electrons. The van der Waals surface area contributed by atoms with E-state index >= 15 is 0 Å². The molecule has 4 aliphatic heterocycles. The monoisotopic (exact) mass is 262 g/mol. The van der Waals surface area contributed by atoms with Crippen molar-refractivity contribution in [3.8, 4) is 0 Å². The van der Waals surface area contributed by atoms with E-state index in [1.165, 1.54) is 25.7 Å². The molecule has 1 aliphatic carbocycles. The van der Waals surface area contributed by atoms with E-state index in [1.54, 1.807) is 0 Å². The number of Topliss-reactive ketones (excluding diaryl/α,β-unsaturated/α-hetero) is 1. The van der Waals surface area contributed by atoms with Crippen molar-refractivity contribution in [2.45, 2.75) is 58.0 Å². The van der Waals surface area contributed by atoms with Gasteiger partial charge in [0.25, 0.3) is 0 Å². The fraction of sp³-hybridized carbons (Fsp3) is 0.938. The zero-order valence-corrected chi connectivity index (χ0v) is 12.4. The summed E-state index contributed by atoms with van der Waals surface area (Å²) in [4.78, 5) is 18.4. The van der Waals surface area contributed by atoms with Crippen molar-refractivity contribution in [3.63, 3.8) is 0 Å². The van der Waals surface area contributed by atoms with E-state index in [-0.39, 0.29) is 10.8 Å². The molecule has 0 amide bonds. The van der Waals surface area contributed by atoms with E-state index < -0.39 is 0 Å². The number of hydrogen-bond donors (Lipinski definition) is 0. The molecule has 3 heteroatoms. The van der Waals surface area contributed by atoms with Crippen molar-refractivity contribution >= 4 is 5.78 Å². The summed E-state index contributed by atoms with van der Waals surface area (Å²) in [5, 5.41) is 0. The first-order valence-corrected chi connectivity index (χ1v) is 8.10. The third-order valence-corrected chi connectivity index (χ3v) is 6.41. The van der Waals surface area contributed by atoms with Crippen LogP contribution >= 0.6 is 0 Å². The summed E-state index contributed by atoms with van der Waals surface area (Å²) in [7, 11) is 0. The lowest BCUT2D eigenvalue weighted by Gasteiger charge is -2.70. The number of nitrogens with zero attached hydrogens (tertiary/aromatic N) is 2. The third kappa shape index (κ3) is 1.33. The molecule has 0 aromatic rings. The fourth-order valence-electron chi connectivity index (χ4n) is 5.82. The van der Waals surface area contributed by atoms with Crippen LogP contribution in [0.15, 0.2) is 0 Å². The van der Waals surface area contributed by atoms with Crippen LogP contribution in [-0.4, -0.2) is 47.4 Å². The van der Waals surface area contributed by atoms with Gasteiger partial charge in [-0.25, -0.2) is 0 Å². The van der Waals surface area contributed by atoms with Crippen molar-refractivity contribution in [2.75, 3.05) is 26.2 Å². The largest absolute Gasteiger partial charge is 0.298 e. The Morgan fingerprint density at radius 3 is 2.16 bits per heavy atom. The maximum absolute atomic E-state index is 13.0. The summed E-state index contributed by atoms with van der Waals surface area (Å²) in [6, 6.07) is 0. The van der Waals surface area contributed by atoms with Crippen LogP contribution in [0.3, 0.4) is 0 Å². The molecule has 2 unspecified atom stereocenters. The van der Waals surface area contributed by atoms with Crippen LogP contribution in [0.2, 0.25) is 0 Å². The highest BCUT2D eigenvalue weighted by Gasteiger charge is 2.67. The molecular formula is C16H26N2O. The molecular weight excluding hydrogens is 236 g/mol. The topological polar surface area (TPSA) is 23.6 Å². The zero-order valence-electron chi connectivity index (χ0n) is 12.4. The van der Waals surface area contributed by atoms with Crippen molar-refractivity contribution in [3.05, 3.63) is 0 Å².